The molecule has 1 aliphatic carbocycles. The molecule has 0 bridgehead atoms. The number of amides is 1. The molecule has 1 aliphatic rings. The minimum atomic E-state index is -4.18. The largest absolute Gasteiger partial charge is 0.348 e. The highest BCUT2D eigenvalue weighted by Crippen LogP contribution is 2.28. The van der Waals surface area contributed by atoms with E-state index >= 15 is 0 Å². The van der Waals surface area contributed by atoms with Crippen LogP contribution in [0.3, 0.4) is 0 Å². The lowest BCUT2D eigenvalue weighted by molar-refractivity contribution is -0.120. The average molecular weight is 495 g/mol. The summed E-state index contributed by atoms with van der Waals surface area (Å²) < 4.78 is 42.6. The second-order valence-corrected chi connectivity index (χ2v) is 10.9. The number of rotatable bonds is 8. The Bertz CT molecular complexity index is 1310. The van der Waals surface area contributed by atoms with Crippen molar-refractivity contribution in [1.29, 1.82) is 0 Å². The second kappa shape index (κ2) is 10.6. The highest BCUT2D eigenvalue weighted by Gasteiger charge is 2.30. The lowest BCUT2D eigenvalue weighted by Crippen LogP contribution is -2.42. The van der Waals surface area contributed by atoms with Gasteiger partial charge in [-0.15, -0.1) is 0 Å². The normalized spacial score (nSPS) is 14.1. The van der Waals surface area contributed by atoms with Crippen molar-refractivity contribution in [2.45, 2.75) is 56.9 Å². The number of hydrogen-bond acceptors (Lipinski definition) is 3. The molecule has 3 aromatic carbocycles. The van der Waals surface area contributed by atoms with Crippen molar-refractivity contribution in [2.75, 3.05) is 10.8 Å². The van der Waals surface area contributed by atoms with Crippen molar-refractivity contribution < 1.29 is 17.6 Å². The molecule has 184 valence electrons. The molecule has 5 nitrogen and oxygen atoms in total. The van der Waals surface area contributed by atoms with Gasteiger partial charge in [0, 0.05) is 0 Å². The Hall–Kier alpha value is -3.19. The summed E-state index contributed by atoms with van der Waals surface area (Å²) in [4.78, 5) is 13.2. The van der Waals surface area contributed by atoms with E-state index in [4.69, 9.17) is 0 Å². The number of para-hydroxylation sites is 1. The third-order valence-electron chi connectivity index (χ3n) is 6.54. The van der Waals surface area contributed by atoms with Gasteiger partial charge >= 0.3 is 0 Å². The van der Waals surface area contributed by atoms with Gasteiger partial charge in [-0.05, 0) is 80.0 Å². The molecule has 35 heavy (non-hydrogen) atoms. The van der Waals surface area contributed by atoms with Crippen LogP contribution in [0.4, 0.5) is 10.1 Å². The Kier molecular flexibility index (Phi) is 7.55. The van der Waals surface area contributed by atoms with Crippen LogP contribution in [0, 0.1) is 12.7 Å². The van der Waals surface area contributed by atoms with Gasteiger partial charge in [0.2, 0.25) is 5.91 Å². The van der Waals surface area contributed by atoms with E-state index < -0.39 is 28.3 Å². The van der Waals surface area contributed by atoms with Crippen molar-refractivity contribution in [3.05, 3.63) is 94.8 Å². The van der Waals surface area contributed by atoms with Crippen LogP contribution in [-0.2, 0) is 27.7 Å². The van der Waals surface area contributed by atoms with Crippen molar-refractivity contribution in [1.82, 2.24) is 5.32 Å². The van der Waals surface area contributed by atoms with Gasteiger partial charge in [0.15, 0.2) is 0 Å². The Balaban J connectivity index is 1.61. The smallest absolute Gasteiger partial charge is 0.264 e. The Morgan fingerprint density at radius 3 is 2.37 bits per heavy atom. The molecular formula is C28H31FN2O3S. The number of fused-ring (bicyclic) bond motifs is 1. The summed E-state index contributed by atoms with van der Waals surface area (Å²) in [5.74, 6) is -1.20. The lowest BCUT2D eigenvalue weighted by Gasteiger charge is -2.26. The zero-order valence-corrected chi connectivity index (χ0v) is 20.9. The number of carbonyl (C=O) groups is 1. The van der Waals surface area contributed by atoms with Gasteiger partial charge in [0.25, 0.3) is 10.0 Å². The standard InChI is InChI=1S/C28H31FN2O3S/c1-3-26(23-15-14-21-8-4-5-9-22(21)18-23)30-28(32)19-31(27-11-7-6-10-25(27)29)35(33,34)24-16-12-20(2)13-17-24/h6-7,10-18,26H,3-5,8-9,19H2,1-2H3,(H,30,32). The highest BCUT2D eigenvalue weighted by atomic mass is 32.2. The molecule has 0 saturated carbocycles. The highest BCUT2D eigenvalue weighted by molar-refractivity contribution is 7.92. The summed E-state index contributed by atoms with van der Waals surface area (Å²) in [6, 6.07) is 17.9. The summed E-state index contributed by atoms with van der Waals surface area (Å²) in [5, 5.41) is 2.97. The monoisotopic (exact) mass is 494 g/mol. The number of anilines is 1. The van der Waals surface area contributed by atoms with Crippen LogP contribution >= 0.6 is 0 Å². The minimum absolute atomic E-state index is 0.000817. The van der Waals surface area contributed by atoms with E-state index in [0.717, 1.165) is 34.7 Å². The first-order chi connectivity index (χ1) is 16.8. The van der Waals surface area contributed by atoms with E-state index in [0.29, 0.717) is 6.42 Å². The number of carbonyl (C=O) groups excluding carboxylic acids is 1. The summed E-state index contributed by atoms with van der Waals surface area (Å²) in [6.45, 7) is 3.30. The van der Waals surface area contributed by atoms with Gasteiger partial charge in [0.1, 0.15) is 12.4 Å². The van der Waals surface area contributed by atoms with E-state index in [9.17, 15) is 17.6 Å². The predicted octanol–water partition coefficient (Wildman–Crippen LogP) is 5.48. The number of halogens is 1. The topological polar surface area (TPSA) is 66.5 Å². The first-order valence-electron chi connectivity index (χ1n) is 12.0. The molecule has 0 aliphatic heterocycles. The zero-order chi connectivity index (χ0) is 25.0. The fourth-order valence-electron chi connectivity index (χ4n) is 4.55. The Morgan fingerprint density at radius 1 is 1.00 bits per heavy atom. The van der Waals surface area contributed by atoms with Crippen molar-refractivity contribution >= 4 is 21.6 Å². The number of sulfonamides is 1. The maximum Gasteiger partial charge on any atom is 0.264 e. The van der Waals surface area contributed by atoms with E-state index in [1.807, 2.05) is 19.9 Å². The molecular weight excluding hydrogens is 463 g/mol. The third-order valence-corrected chi connectivity index (χ3v) is 8.31. The molecule has 0 saturated heterocycles. The maximum absolute atomic E-state index is 14.7. The predicted molar refractivity (Wildman–Crippen MR) is 136 cm³/mol. The summed E-state index contributed by atoms with van der Waals surface area (Å²) >= 11 is 0. The van der Waals surface area contributed by atoms with Gasteiger partial charge in [0.05, 0.1) is 16.6 Å². The van der Waals surface area contributed by atoms with Crippen LogP contribution in [0.5, 0.6) is 0 Å². The van der Waals surface area contributed by atoms with Crippen LogP contribution in [0.2, 0.25) is 0 Å². The van der Waals surface area contributed by atoms with Crippen molar-refractivity contribution in [2.24, 2.45) is 0 Å². The van der Waals surface area contributed by atoms with Gasteiger partial charge in [-0.2, -0.15) is 0 Å². The first kappa shape index (κ1) is 24.9. The second-order valence-electron chi connectivity index (χ2n) is 9.04. The molecule has 1 atom stereocenters. The van der Waals surface area contributed by atoms with Crippen LogP contribution in [0.15, 0.2) is 71.6 Å². The van der Waals surface area contributed by atoms with Crippen LogP contribution < -0.4 is 9.62 Å². The van der Waals surface area contributed by atoms with Gasteiger partial charge in [-0.25, -0.2) is 12.8 Å². The average Bonchev–Trinajstić information content (AvgIpc) is 2.86. The molecule has 0 fully saturated rings. The van der Waals surface area contributed by atoms with Crippen molar-refractivity contribution in [3.63, 3.8) is 0 Å². The fourth-order valence-corrected chi connectivity index (χ4v) is 5.98. The van der Waals surface area contributed by atoms with E-state index in [-0.39, 0.29) is 16.6 Å². The molecule has 0 radical (unpaired) electrons. The van der Waals surface area contributed by atoms with Gasteiger partial charge in [-0.3, -0.25) is 9.10 Å². The van der Waals surface area contributed by atoms with Crippen LogP contribution in [0.1, 0.15) is 54.5 Å². The van der Waals surface area contributed by atoms with E-state index in [1.54, 1.807) is 18.2 Å². The Morgan fingerprint density at radius 2 is 1.69 bits per heavy atom. The molecule has 4 rings (SSSR count). The molecule has 1 N–H and O–H groups in total. The minimum Gasteiger partial charge on any atom is -0.348 e. The van der Waals surface area contributed by atoms with Gasteiger partial charge in [-0.1, -0.05) is 55.0 Å². The molecule has 0 heterocycles. The lowest BCUT2D eigenvalue weighted by atomic mass is 9.89. The van der Waals surface area contributed by atoms with Crippen molar-refractivity contribution in [3.8, 4) is 0 Å². The molecule has 1 amide bonds. The summed E-state index contributed by atoms with van der Waals surface area (Å²) in [5.41, 5.74) is 4.41. The number of benzene rings is 3. The van der Waals surface area contributed by atoms with E-state index in [1.165, 1.54) is 47.9 Å². The zero-order valence-electron chi connectivity index (χ0n) is 20.1. The quantitative estimate of drug-likeness (QED) is 0.451. The maximum atomic E-state index is 14.7. The summed E-state index contributed by atoms with van der Waals surface area (Å²) in [7, 11) is -4.18. The number of hydrogen-bond donors (Lipinski definition) is 1. The number of aryl methyl sites for hydroxylation is 3. The SMILES string of the molecule is CCC(NC(=O)CN(c1ccccc1F)S(=O)(=O)c1ccc(C)cc1)c1ccc2c(c1)CCCC2. The molecule has 3 aromatic rings. The van der Waals surface area contributed by atoms with Crippen LogP contribution in [-0.4, -0.2) is 20.9 Å². The van der Waals surface area contributed by atoms with Gasteiger partial charge < -0.3 is 5.32 Å². The molecule has 0 spiro atoms. The molecule has 0 aromatic heterocycles. The van der Waals surface area contributed by atoms with Crippen LogP contribution in [0.25, 0.3) is 0 Å². The van der Waals surface area contributed by atoms with E-state index in [2.05, 4.69) is 17.4 Å². The number of nitrogens with one attached hydrogen (secondary N) is 1. The Labute approximate surface area is 207 Å². The molecule has 1 unspecified atom stereocenters. The number of nitrogens with zero attached hydrogens (tertiary/aromatic N) is 1. The summed E-state index contributed by atoms with van der Waals surface area (Å²) in [6.07, 6.45) is 5.11. The molecule has 7 heteroatoms. The third kappa shape index (κ3) is 5.56. The first-order valence-corrected chi connectivity index (χ1v) is 13.5. The fraction of sp³-hybridized carbons (Fsp3) is 0.321.